The molecule has 2 nitrogen and oxygen atoms in total. The summed E-state index contributed by atoms with van der Waals surface area (Å²) in [7, 11) is 0. The summed E-state index contributed by atoms with van der Waals surface area (Å²) in [6, 6.07) is 9.09. The molecular weight excluding hydrogens is 244 g/mol. The summed E-state index contributed by atoms with van der Waals surface area (Å²) in [5, 5.41) is 0. The van der Waals surface area contributed by atoms with E-state index in [-0.39, 0.29) is 12.1 Å². The number of carbonyl (C=O) groups is 1. The summed E-state index contributed by atoms with van der Waals surface area (Å²) in [6.07, 6.45) is 2.11. The lowest BCUT2D eigenvalue weighted by atomic mass is 9.96. The van der Waals surface area contributed by atoms with Crippen LogP contribution in [0.15, 0.2) is 30.3 Å². The molecule has 1 aromatic carbocycles. The molecule has 0 heterocycles. The molecule has 1 fully saturated rings. The van der Waals surface area contributed by atoms with Crippen molar-refractivity contribution < 1.29 is 9.53 Å². The summed E-state index contributed by atoms with van der Waals surface area (Å²) >= 11 is 3.45. The van der Waals surface area contributed by atoms with Crippen molar-refractivity contribution in [3.8, 4) is 0 Å². The van der Waals surface area contributed by atoms with Crippen LogP contribution in [-0.4, -0.2) is 16.9 Å². The highest BCUT2D eigenvalue weighted by atomic mass is 79.9. The van der Waals surface area contributed by atoms with E-state index >= 15 is 0 Å². The van der Waals surface area contributed by atoms with Crippen LogP contribution >= 0.6 is 15.9 Å². The van der Waals surface area contributed by atoms with Gasteiger partial charge < -0.3 is 4.74 Å². The van der Waals surface area contributed by atoms with Gasteiger partial charge in [0.2, 0.25) is 0 Å². The molecule has 0 N–H and O–H groups in total. The Morgan fingerprint density at radius 2 is 2.00 bits per heavy atom. The number of alkyl halides is 1. The van der Waals surface area contributed by atoms with Gasteiger partial charge in [-0.1, -0.05) is 34.1 Å². The minimum atomic E-state index is -0.222. The summed E-state index contributed by atoms with van der Waals surface area (Å²) < 4.78 is 5.30. The van der Waals surface area contributed by atoms with Gasteiger partial charge in [-0.25, -0.2) is 4.79 Å². The lowest BCUT2D eigenvalue weighted by Gasteiger charge is -2.31. The molecule has 0 radical (unpaired) electrons. The summed E-state index contributed by atoms with van der Waals surface area (Å²) in [4.78, 5) is 11.9. The number of carbonyl (C=O) groups excluding carboxylic acids is 1. The number of hydrogen-bond acceptors (Lipinski definition) is 2. The molecule has 2 rings (SSSR count). The van der Waals surface area contributed by atoms with Crippen LogP contribution in [0.2, 0.25) is 0 Å². The molecule has 14 heavy (non-hydrogen) atoms. The van der Waals surface area contributed by atoms with Gasteiger partial charge >= 0.3 is 5.97 Å². The largest absolute Gasteiger partial charge is 0.458 e. The first kappa shape index (κ1) is 9.71. The maximum absolute atomic E-state index is 11.6. The van der Waals surface area contributed by atoms with E-state index in [1.54, 1.807) is 12.1 Å². The zero-order chi connectivity index (χ0) is 9.97. The lowest BCUT2D eigenvalue weighted by Crippen LogP contribution is -2.36. The zero-order valence-electron chi connectivity index (χ0n) is 7.65. The SMILES string of the molecule is O=C(OC1CCC1Br)c1ccccc1. The molecule has 0 amide bonds. The van der Waals surface area contributed by atoms with Crippen molar-refractivity contribution in [3.05, 3.63) is 35.9 Å². The average molecular weight is 255 g/mol. The minimum Gasteiger partial charge on any atom is -0.458 e. The van der Waals surface area contributed by atoms with E-state index < -0.39 is 0 Å². The van der Waals surface area contributed by atoms with Gasteiger partial charge in [-0.2, -0.15) is 0 Å². The highest BCUT2D eigenvalue weighted by Gasteiger charge is 2.31. The molecule has 3 heteroatoms. The highest BCUT2D eigenvalue weighted by Crippen LogP contribution is 2.30. The molecule has 0 aliphatic heterocycles. The second kappa shape index (κ2) is 4.13. The van der Waals surface area contributed by atoms with Crippen molar-refractivity contribution in [3.63, 3.8) is 0 Å². The van der Waals surface area contributed by atoms with Gasteiger partial charge in [0, 0.05) is 0 Å². The van der Waals surface area contributed by atoms with Gasteiger partial charge in [-0.3, -0.25) is 0 Å². The number of hydrogen-bond donors (Lipinski definition) is 0. The maximum Gasteiger partial charge on any atom is 0.338 e. The van der Waals surface area contributed by atoms with Crippen LogP contribution in [0.25, 0.3) is 0 Å². The molecule has 0 aromatic heterocycles. The van der Waals surface area contributed by atoms with E-state index in [0.717, 1.165) is 12.8 Å². The lowest BCUT2D eigenvalue weighted by molar-refractivity contribution is 0.0128. The number of halogens is 1. The fraction of sp³-hybridized carbons (Fsp3) is 0.364. The molecule has 2 unspecified atom stereocenters. The molecule has 0 saturated heterocycles. The Labute approximate surface area is 91.4 Å². The summed E-state index contributed by atoms with van der Waals surface area (Å²) in [5.41, 5.74) is 0.624. The standard InChI is InChI=1S/C11H11BrO2/c12-9-6-7-10(9)14-11(13)8-4-2-1-3-5-8/h1-5,9-10H,6-7H2. The number of ether oxygens (including phenoxy) is 1. The Morgan fingerprint density at radius 3 is 2.50 bits per heavy atom. The van der Waals surface area contributed by atoms with Crippen LogP contribution in [0.1, 0.15) is 23.2 Å². The van der Waals surface area contributed by atoms with Gasteiger partial charge in [-0.05, 0) is 25.0 Å². The quantitative estimate of drug-likeness (QED) is 0.600. The summed E-state index contributed by atoms with van der Waals surface area (Å²) in [5.74, 6) is -0.222. The molecule has 1 aromatic rings. The van der Waals surface area contributed by atoms with Crippen LogP contribution in [0.3, 0.4) is 0 Å². The molecule has 1 saturated carbocycles. The average Bonchev–Trinajstić information content (AvgIpc) is 2.24. The van der Waals surface area contributed by atoms with E-state index in [1.165, 1.54) is 0 Å². The zero-order valence-corrected chi connectivity index (χ0v) is 9.24. The van der Waals surface area contributed by atoms with Crippen molar-refractivity contribution in [1.29, 1.82) is 0 Å². The van der Waals surface area contributed by atoms with Crippen molar-refractivity contribution in [2.24, 2.45) is 0 Å². The van der Waals surface area contributed by atoms with Gasteiger partial charge in [0.25, 0.3) is 0 Å². The topological polar surface area (TPSA) is 26.3 Å². The van der Waals surface area contributed by atoms with Crippen LogP contribution in [0.5, 0.6) is 0 Å². The first-order valence-corrected chi connectivity index (χ1v) is 5.59. The van der Waals surface area contributed by atoms with E-state index in [1.807, 2.05) is 18.2 Å². The van der Waals surface area contributed by atoms with Crippen LogP contribution in [-0.2, 0) is 4.74 Å². The molecular formula is C11H11BrO2. The predicted molar refractivity (Wildman–Crippen MR) is 57.6 cm³/mol. The first-order valence-electron chi connectivity index (χ1n) is 4.67. The Balaban J connectivity index is 1.96. The fourth-order valence-electron chi connectivity index (χ4n) is 1.34. The number of benzene rings is 1. The molecule has 0 bridgehead atoms. The van der Waals surface area contributed by atoms with Crippen LogP contribution < -0.4 is 0 Å². The summed E-state index contributed by atoms with van der Waals surface area (Å²) in [6.45, 7) is 0. The highest BCUT2D eigenvalue weighted by molar-refractivity contribution is 9.09. The van der Waals surface area contributed by atoms with E-state index in [4.69, 9.17) is 4.74 Å². The van der Waals surface area contributed by atoms with E-state index in [2.05, 4.69) is 15.9 Å². The van der Waals surface area contributed by atoms with Crippen molar-refractivity contribution in [2.45, 2.75) is 23.8 Å². The molecule has 1 aliphatic rings. The van der Waals surface area contributed by atoms with Crippen LogP contribution in [0.4, 0.5) is 0 Å². The fourth-order valence-corrected chi connectivity index (χ4v) is 1.98. The second-order valence-corrected chi connectivity index (χ2v) is 4.58. The molecule has 0 spiro atoms. The Morgan fingerprint density at radius 1 is 1.29 bits per heavy atom. The van der Waals surface area contributed by atoms with Crippen molar-refractivity contribution in [2.75, 3.05) is 0 Å². The number of rotatable bonds is 2. The first-order chi connectivity index (χ1) is 6.77. The molecule has 2 atom stereocenters. The van der Waals surface area contributed by atoms with Gasteiger partial charge in [0.1, 0.15) is 6.10 Å². The third-order valence-electron chi connectivity index (χ3n) is 2.40. The second-order valence-electron chi connectivity index (χ2n) is 3.40. The van der Waals surface area contributed by atoms with E-state index in [0.29, 0.717) is 10.4 Å². The Hall–Kier alpha value is -0.830. The van der Waals surface area contributed by atoms with Gasteiger partial charge in [0.15, 0.2) is 0 Å². The van der Waals surface area contributed by atoms with Crippen LogP contribution in [0, 0.1) is 0 Å². The number of esters is 1. The third kappa shape index (κ3) is 1.98. The molecule has 1 aliphatic carbocycles. The van der Waals surface area contributed by atoms with Gasteiger partial charge in [0.05, 0.1) is 10.4 Å². The molecule has 74 valence electrons. The van der Waals surface area contributed by atoms with Crippen molar-refractivity contribution in [1.82, 2.24) is 0 Å². The smallest absolute Gasteiger partial charge is 0.338 e. The minimum absolute atomic E-state index is 0.0581. The third-order valence-corrected chi connectivity index (χ3v) is 3.45. The monoisotopic (exact) mass is 254 g/mol. The normalized spacial score (nSPS) is 25.2. The van der Waals surface area contributed by atoms with Gasteiger partial charge in [-0.15, -0.1) is 0 Å². The Kier molecular flexibility index (Phi) is 2.87. The maximum atomic E-state index is 11.6. The Bertz CT molecular complexity index is 323. The predicted octanol–water partition coefficient (Wildman–Crippen LogP) is 2.77. The van der Waals surface area contributed by atoms with Crippen molar-refractivity contribution >= 4 is 21.9 Å². The van der Waals surface area contributed by atoms with E-state index in [9.17, 15) is 4.79 Å².